The van der Waals surface area contributed by atoms with Crippen LogP contribution in [0.4, 0.5) is 10.1 Å². The van der Waals surface area contributed by atoms with Gasteiger partial charge in [-0.25, -0.2) is 4.39 Å². The number of hydrogen-bond donors (Lipinski definition) is 0. The highest BCUT2D eigenvalue weighted by Gasteiger charge is 2.17. The molecule has 126 valence electrons. The quantitative estimate of drug-likeness (QED) is 0.552. The smallest absolute Gasteiger partial charge is 0.274 e. The summed E-state index contributed by atoms with van der Waals surface area (Å²) in [6.45, 7) is -0.175. The number of amides is 1. The van der Waals surface area contributed by atoms with Gasteiger partial charge in [-0.3, -0.25) is 14.9 Å². The van der Waals surface area contributed by atoms with Crippen LogP contribution in [-0.4, -0.2) is 29.4 Å². The van der Waals surface area contributed by atoms with E-state index < -0.39 is 10.7 Å². The lowest BCUT2D eigenvalue weighted by Gasteiger charge is -2.18. The molecule has 0 bridgehead atoms. The molecule has 6 nitrogen and oxygen atoms in total. The van der Waals surface area contributed by atoms with Gasteiger partial charge in [0.15, 0.2) is 6.61 Å². The molecule has 0 aliphatic heterocycles. The summed E-state index contributed by atoms with van der Waals surface area (Å²) in [5.41, 5.74) is 0.390. The molecule has 0 aliphatic carbocycles. The van der Waals surface area contributed by atoms with Gasteiger partial charge < -0.3 is 9.64 Å². The number of likely N-dealkylation sites (N-methyl/N-ethyl adjacent to an activating group) is 1. The molecule has 0 fully saturated rings. The van der Waals surface area contributed by atoms with E-state index in [2.05, 4.69) is 15.9 Å². The van der Waals surface area contributed by atoms with Crippen LogP contribution in [0.2, 0.25) is 0 Å². The molecule has 0 unspecified atom stereocenters. The fourth-order valence-electron chi connectivity index (χ4n) is 2.01. The maximum absolute atomic E-state index is 13.0. The van der Waals surface area contributed by atoms with E-state index >= 15 is 0 Å². The van der Waals surface area contributed by atoms with Crippen molar-refractivity contribution >= 4 is 27.5 Å². The molecule has 0 atom stereocenters. The highest BCUT2D eigenvalue weighted by Crippen LogP contribution is 2.25. The van der Waals surface area contributed by atoms with Gasteiger partial charge in [0.1, 0.15) is 11.6 Å². The number of carbonyl (C=O) groups excluding carboxylic acids is 1. The highest BCUT2D eigenvalue weighted by atomic mass is 79.9. The van der Waals surface area contributed by atoms with Crippen LogP contribution in [0.1, 0.15) is 5.56 Å². The van der Waals surface area contributed by atoms with Gasteiger partial charge >= 0.3 is 0 Å². The van der Waals surface area contributed by atoms with Crippen LogP contribution >= 0.6 is 15.9 Å². The molecule has 0 heterocycles. The van der Waals surface area contributed by atoms with Crippen molar-refractivity contribution in [2.45, 2.75) is 6.54 Å². The average molecular weight is 397 g/mol. The summed E-state index contributed by atoms with van der Waals surface area (Å²) in [7, 11) is 1.53. The van der Waals surface area contributed by atoms with Crippen molar-refractivity contribution < 1.29 is 18.8 Å². The fourth-order valence-corrected chi connectivity index (χ4v) is 2.47. The number of para-hydroxylation sites is 1. The van der Waals surface area contributed by atoms with Crippen LogP contribution < -0.4 is 4.74 Å². The Kier molecular flexibility index (Phi) is 5.86. The van der Waals surface area contributed by atoms with Gasteiger partial charge in [-0.05, 0) is 34.1 Å². The zero-order valence-electron chi connectivity index (χ0n) is 12.7. The summed E-state index contributed by atoms with van der Waals surface area (Å²) in [5.74, 6) is -0.442. The summed E-state index contributed by atoms with van der Waals surface area (Å²) in [6, 6.07) is 10.1. The second kappa shape index (κ2) is 7.87. The molecule has 0 spiro atoms. The molecule has 0 aromatic heterocycles. The van der Waals surface area contributed by atoms with Crippen molar-refractivity contribution in [3.8, 4) is 5.75 Å². The number of benzene rings is 2. The third-order valence-corrected chi connectivity index (χ3v) is 3.89. The summed E-state index contributed by atoms with van der Waals surface area (Å²) in [6.07, 6.45) is 0. The third kappa shape index (κ3) is 4.51. The Morgan fingerprint density at radius 2 is 2.04 bits per heavy atom. The third-order valence-electron chi connectivity index (χ3n) is 3.27. The molecule has 0 saturated heterocycles. The second-order valence-corrected chi connectivity index (χ2v) is 5.85. The number of nitrogens with zero attached hydrogens (tertiary/aromatic N) is 2. The Labute approximate surface area is 146 Å². The van der Waals surface area contributed by atoms with Gasteiger partial charge in [0, 0.05) is 18.7 Å². The SMILES string of the molecule is CN(Cc1ccccc1[N+](=O)[O-])C(=O)COc1ccc(F)cc1Br. The highest BCUT2D eigenvalue weighted by molar-refractivity contribution is 9.10. The molecule has 0 saturated carbocycles. The number of nitro groups is 1. The van der Waals surface area contributed by atoms with Crippen molar-refractivity contribution in [2.24, 2.45) is 0 Å². The molecular formula is C16H14BrFN2O4. The average Bonchev–Trinajstić information content (AvgIpc) is 2.54. The second-order valence-electron chi connectivity index (χ2n) is 5.00. The van der Waals surface area contributed by atoms with Crippen molar-refractivity contribution in [1.29, 1.82) is 0 Å². The summed E-state index contributed by atoms with van der Waals surface area (Å²) in [5, 5.41) is 11.0. The topological polar surface area (TPSA) is 72.7 Å². The van der Waals surface area contributed by atoms with E-state index in [0.29, 0.717) is 15.8 Å². The van der Waals surface area contributed by atoms with Gasteiger partial charge in [-0.1, -0.05) is 18.2 Å². The van der Waals surface area contributed by atoms with E-state index in [9.17, 15) is 19.3 Å². The normalized spacial score (nSPS) is 10.3. The molecule has 1 amide bonds. The van der Waals surface area contributed by atoms with Gasteiger partial charge in [-0.15, -0.1) is 0 Å². The minimum atomic E-state index is -0.486. The van der Waals surface area contributed by atoms with Crippen LogP contribution in [0.5, 0.6) is 5.75 Å². The fraction of sp³-hybridized carbons (Fsp3) is 0.188. The van der Waals surface area contributed by atoms with Crippen molar-refractivity contribution in [2.75, 3.05) is 13.7 Å². The Hall–Kier alpha value is -2.48. The molecule has 0 N–H and O–H groups in total. The van der Waals surface area contributed by atoms with Gasteiger partial charge in [0.05, 0.1) is 15.9 Å². The maximum atomic E-state index is 13.0. The number of nitro benzene ring substituents is 1. The van der Waals surface area contributed by atoms with Crippen molar-refractivity contribution in [3.63, 3.8) is 0 Å². The number of carbonyl (C=O) groups is 1. The van der Waals surface area contributed by atoms with E-state index in [1.54, 1.807) is 18.2 Å². The predicted molar refractivity (Wildman–Crippen MR) is 89.2 cm³/mol. The molecule has 0 radical (unpaired) electrons. The van der Waals surface area contributed by atoms with E-state index in [1.165, 1.54) is 36.2 Å². The summed E-state index contributed by atoms with van der Waals surface area (Å²) in [4.78, 5) is 24.0. The Morgan fingerprint density at radius 1 is 1.33 bits per heavy atom. The standard InChI is InChI=1S/C16H14BrFN2O4/c1-19(9-11-4-2-3-5-14(11)20(22)23)16(21)10-24-15-7-6-12(18)8-13(15)17/h2-8H,9-10H2,1H3. The van der Waals surface area contributed by atoms with Crippen molar-refractivity contribution in [1.82, 2.24) is 4.90 Å². The molecule has 2 aromatic carbocycles. The van der Waals surface area contributed by atoms with Crippen molar-refractivity contribution in [3.05, 3.63) is 68.4 Å². The Morgan fingerprint density at radius 3 is 2.71 bits per heavy atom. The largest absolute Gasteiger partial charge is 0.483 e. The molecule has 2 rings (SSSR count). The summed E-state index contributed by atoms with van der Waals surface area (Å²) < 4.78 is 18.8. The van der Waals surface area contributed by atoms with Crippen LogP contribution in [0.15, 0.2) is 46.9 Å². The summed E-state index contributed by atoms with van der Waals surface area (Å²) >= 11 is 3.15. The van der Waals surface area contributed by atoms with E-state index in [4.69, 9.17) is 4.74 Å². The van der Waals surface area contributed by atoms with Crippen LogP contribution in [0.25, 0.3) is 0 Å². The lowest BCUT2D eigenvalue weighted by atomic mass is 10.1. The molecule has 8 heteroatoms. The van der Waals surface area contributed by atoms with E-state index in [-0.39, 0.29) is 24.7 Å². The number of hydrogen-bond acceptors (Lipinski definition) is 4. The molecule has 0 aliphatic rings. The number of halogens is 2. The van der Waals surface area contributed by atoms with Crippen LogP contribution in [0.3, 0.4) is 0 Å². The van der Waals surface area contributed by atoms with Gasteiger partial charge in [-0.2, -0.15) is 0 Å². The minimum Gasteiger partial charge on any atom is -0.483 e. The minimum absolute atomic E-state index is 0.0423. The zero-order valence-corrected chi connectivity index (χ0v) is 14.3. The van der Waals surface area contributed by atoms with E-state index in [1.807, 2.05) is 0 Å². The number of rotatable bonds is 6. The Balaban J connectivity index is 1.99. The lowest BCUT2D eigenvalue weighted by Crippen LogP contribution is -2.31. The zero-order chi connectivity index (χ0) is 17.7. The predicted octanol–water partition coefficient (Wildman–Crippen LogP) is 3.53. The number of ether oxygens (including phenoxy) is 1. The van der Waals surface area contributed by atoms with E-state index in [0.717, 1.165) is 0 Å². The first-order valence-electron chi connectivity index (χ1n) is 6.92. The molecule has 24 heavy (non-hydrogen) atoms. The first kappa shape index (κ1) is 17.9. The first-order chi connectivity index (χ1) is 11.4. The molecule has 2 aromatic rings. The Bertz CT molecular complexity index is 769. The maximum Gasteiger partial charge on any atom is 0.274 e. The molecular weight excluding hydrogens is 383 g/mol. The lowest BCUT2D eigenvalue weighted by molar-refractivity contribution is -0.385. The first-order valence-corrected chi connectivity index (χ1v) is 7.72. The monoisotopic (exact) mass is 396 g/mol. The van der Waals surface area contributed by atoms with Crippen LogP contribution in [-0.2, 0) is 11.3 Å². The van der Waals surface area contributed by atoms with Gasteiger partial charge in [0.25, 0.3) is 11.6 Å². The van der Waals surface area contributed by atoms with Gasteiger partial charge in [0.2, 0.25) is 0 Å². The van der Waals surface area contributed by atoms with Crippen LogP contribution in [0, 0.1) is 15.9 Å².